The Hall–Kier alpha value is -2.99. The standard InChI is InChI=1S/C22H22N2O3S/c25-22(14-13-18-8-3-1-4-9-18)24-17-21(19-10-7-15-23-16-19)28(26,27)20-11-5-2-6-12-20/h1-12,15-16,21H,13-14,17H2,(H,24,25)/t21-/m0/s1. The van der Waals surface area contributed by atoms with Gasteiger partial charge in [-0.2, -0.15) is 0 Å². The fourth-order valence-corrected chi connectivity index (χ4v) is 4.61. The molecule has 0 aliphatic rings. The normalized spacial score (nSPS) is 12.3. The summed E-state index contributed by atoms with van der Waals surface area (Å²) >= 11 is 0. The fraction of sp³-hybridized carbons (Fsp3) is 0.182. The van der Waals surface area contributed by atoms with Gasteiger partial charge in [0.15, 0.2) is 9.84 Å². The molecular formula is C22H22N2O3S. The van der Waals surface area contributed by atoms with Crippen LogP contribution in [0, 0.1) is 0 Å². The number of benzene rings is 2. The van der Waals surface area contributed by atoms with Gasteiger partial charge < -0.3 is 5.32 Å². The number of amides is 1. The van der Waals surface area contributed by atoms with Crippen LogP contribution in [0.2, 0.25) is 0 Å². The van der Waals surface area contributed by atoms with Crippen LogP contribution < -0.4 is 5.32 Å². The zero-order valence-electron chi connectivity index (χ0n) is 15.4. The van der Waals surface area contributed by atoms with Crippen molar-refractivity contribution in [1.82, 2.24) is 10.3 Å². The van der Waals surface area contributed by atoms with Crippen LogP contribution in [-0.2, 0) is 21.1 Å². The maximum atomic E-state index is 13.1. The van der Waals surface area contributed by atoms with Crippen molar-refractivity contribution in [3.05, 3.63) is 96.3 Å². The van der Waals surface area contributed by atoms with Crippen molar-refractivity contribution in [2.45, 2.75) is 23.0 Å². The van der Waals surface area contributed by atoms with Crippen molar-refractivity contribution in [3.8, 4) is 0 Å². The molecular weight excluding hydrogens is 372 g/mol. The Labute approximate surface area is 165 Å². The van der Waals surface area contributed by atoms with Crippen LogP contribution in [0.5, 0.6) is 0 Å². The molecule has 0 unspecified atom stereocenters. The average Bonchev–Trinajstić information content (AvgIpc) is 2.74. The first-order valence-corrected chi connectivity index (χ1v) is 10.6. The number of nitrogens with one attached hydrogen (secondary N) is 1. The molecule has 0 saturated carbocycles. The van der Waals surface area contributed by atoms with Gasteiger partial charge in [0.05, 0.1) is 4.90 Å². The summed E-state index contributed by atoms with van der Waals surface area (Å²) in [4.78, 5) is 16.6. The van der Waals surface area contributed by atoms with Crippen molar-refractivity contribution in [1.29, 1.82) is 0 Å². The zero-order chi connectivity index (χ0) is 19.8. The Morgan fingerprint density at radius 1 is 0.929 bits per heavy atom. The van der Waals surface area contributed by atoms with E-state index < -0.39 is 15.1 Å². The van der Waals surface area contributed by atoms with Crippen LogP contribution >= 0.6 is 0 Å². The van der Waals surface area contributed by atoms with Crippen LogP contribution in [0.4, 0.5) is 0 Å². The first-order valence-electron chi connectivity index (χ1n) is 9.07. The van der Waals surface area contributed by atoms with Gasteiger partial charge in [-0.3, -0.25) is 9.78 Å². The molecule has 144 valence electrons. The van der Waals surface area contributed by atoms with Crippen molar-refractivity contribution < 1.29 is 13.2 Å². The third kappa shape index (κ3) is 5.04. The molecule has 0 spiro atoms. The van der Waals surface area contributed by atoms with E-state index in [1.54, 1.807) is 48.7 Å². The third-order valence-corrected chi connectivity index (χ3v) is 6.59. The second kappa shape index (κ2) is 9.28. The Morgan fingerprint density at radius 2 is 1.61 bits per heavy atom. The molecule has 0 radical (unpaired) electrons. The van der Waals surface area contributed by atoms with E-state index in [4.69, 9.17) is 0 Å². The van der Waals surface area contributed by atoms with Gasteiger partial charge in [0, 0.05) is 25.4 Å². The Morgan fingerprint density at radius 3 is 2.25 bits per heavy atom. The molecule has 2 aromatic carbocycles. The summed E-state index contributed by atoms with van der Waals surface area (Å²) < 4.78 is 26.3. The summed E-state index contributed by atoms with van der Waals surface area (Å²) in [5.41, 5.74) is 1.62. The number of pyridine rings is 1. The van der Waals surface area contributed by atoms with E-state index in [1.165, 1.54) is 6.20 Å². The molecule has 0 saturated heterocycles. The first kappa shape index (κ1) is 19.8. The first-order chi connectivity index (χ1) is 13.6. The molecule has 1 N–H and O–H groups in total. The number of aromatic nitrogens is 1. The van der Waals surface area contributed by atoms with Gasteiger partial charge >= 0.3 is 0 Å². The lowest BCUT2D eigenvalue weighted by Crippen LogP contribution is -2.32. The number of hydrogen-bond acceptors (Lipinski definition) is 4. The van der Waals surface area contributed by atoms with Crippen LogP contribution in [0.3, 0.4) is 0 Å². The number of rotatable bonds is 8. The highest BCUT2D eigenvalue weighted by Gasteiger charge is 2.29. The highest BCUT2D eigenvalue weighted by atomic mass is 32.2. The summed E-state index contributed by atoms with van der Waals surface area (Å²) in [6.07, 6.45) is 4.03. The van der Waals surface area contributed by atoms with Crippen molar-refractivity contribution >= 4 is 15.7 Å². The van der Waals surface area contributed by atoms with Gasteiger partial charge in [-0.15, -0.1) is 0 Å². The second-order valence-electron chi connectivity index (χ2n) is 6.42. The predicted octanol–water partition coefficient (Wildman–Crippen LogP) is 3.35. The van der Waals surface area contributed by atoms with Gasteiger partial charge in [0.1, 0.15) is 5.25 Å². The minimum atomic E-state index is -3.67. The maximum absolute atomic E-state index is 13.1. The number of aryl methyl sites for hydroxylation is 1. The van der Waals surface area contributed by atoms with Crippen LogP contribution in [0.15, 0.2) is 90.1 Å². The highest BCUT2D eigenvalue weighted by molar-refractivity contribution is 7.91. The van der Waals surface area contributed by atoms with Crippen LogP contribution in [0.1, 0.15) is 22.8 Å². The lowest BCUT2D eigenvalue weighted by atomic mass is 10.1. The van der Waals surface area contributed by atoms with Crippen molar-refractivity contribution in [2.75, 3.05) is 6.54 Å². The summed E-state index contributed by atoms with van der Waals surface area (Å²) in [5, 5.41) is 1.88. The number of sulfone groups is 1. The fourth-order valence-electron chi connectivity index (χ4n) is 2.95. The average molecular weight is 394 g/mol. The van der Waals surface area contributed by atoms with Gasteiger partial charge in [-0.25, -0.2) is 8.42 Å². The van der Waals surface area contributed by atoms with E-state index in [1.807, 2.05) is 30.3 Å². The molecule has 28 heavy (non-hydrogen) atoms. The van der Waals surface area contributed by atoms with E-state index in [9.17, 15) is 13.2 Å². The van der Waals surface area contributed by atoms with Gasteiger partial charge in [-0.1, -0.05) is 54.6 Å². The molecule has 1 heterocycles. The monoisotopic (exact) mass is 394 g/mol. The lowest BCUT2D eigenvalue weighted by Gasteiger charge is -2.19. The maximum Gasteiger partial charge on any atom is 0.220 e. The Bertz CT molecular complexity index is 992. The second-order valence-corrected chi connectivity index (χ2v) is 8.55. The minimum absolute atomic E-state index is 0.00343. The highest BCUT2D eigenvalue weighted by Crippen LogP contribution is 2.27. The lowest BCUT2D eigenvalue weighted by molar-refractivity contribution is -0.121. The van der Waals surface area contributed by atoms with Gasteiger partial charge in [0.25, 0.3) is 0 Å². The molecule has 3 aromatic rings. The molecule has 1 atom stereocenters. The third-order valence-electron chi connectivity index (χ3n) is 4.47. The van der Waals surface area contributed by atoms with Crippen LogP contribution in [0.25, 0.3) is 0 Å². The summed E-state index contributed by atoms with van der Waals surface area (Å²) in [6, 6.07) is 21.4. The Balaban J connectivity index is 1.72. The number of nitrogens with zero attached hydrogens (tertiary/aromatic N) is 1. The number of carbonyl (C=O) groups excluding carboxylic acids is 1. The largest absolute Gasteiger partial charge is 0.354 e. The van der Waals surface area contributed by atoms with E-state index >= 15 is 0 Å². The molecule has 0 aliphatic carbocycles. The SMILES string of the molecule is O=C(CCc1ccccc1)NC[C@@H](c1cccnc1)S(=O)(=O)c1ccccc1. The van der Waals surface area contributed by atoms with E-state index in [0.29, 0.717) is 18.4 Å². The molecule has 0 bridgehead atoms. The topological polar surface area (TPSA) is 76.1 Å². The van der Waals surface area contributed by atoms with Crippen LogP contribution in [-0.4, -0.2) is 25.9 Å². The van der Waals surface area contributed by atoms with E-state index in [-0.39, 0.29) is 17.3 Å². The van der Waals surface area contributed by atoms with Gasteiger partial charge in [0.2, 0.25) is 5.91 Å². The molecule has 6 heteroatoms. The van der Waals surface area contributed by atoms with E-state index in [2.05, 4.69) is 10.3 Å². The summed E-state index contributed by atoms with van der Waals surface area (Å²) in [7, 11) is -3.67. The number of carbonyl (C=O) groups is 1. The molecule has 0 aliphatic heterocycles. The number of hydrogen-bond donors (Lipinski definition) is 1. The van der Waals surface area contributed by atoms with Crippen molar-refractivity contribution in [2.24, 2.45) is 0 Å². The predicted molar refractivity (Wildman–Crippen MR) is 108 cm³/mol. The molecule has 1 aromatic heterocycles. The van der Waals surface area contributed by atoms with E-state index in [0.717, 1.165) is 5.56 Å². The quantitative estimate of drug-likeness (QED) is 0.636. The summed E-state index contributed by atoms with van der Waals surface area (Å²) in [5.74, 6) is -0.180. The molecule has 5 nitrogen and oxygen atoms in total. The Kier molecular flexibility index (Phi) is 6.55. The van der Waals surface area contributed by atoms with Gasteiger partial charge in [-0.05, 0) is 35.7 Å². The molecule has 1 amide bonds. The molecule has 3 rings (SSSR count). The zero-order valence-corrected chi connectivity index (χ0v) is 16.2. The van der Waals surface area contributed by atoms with Crippen molar-refractivity contribution in [3.63, 3.8) is 0 Å². The summed E-state index contributed by atoms with van der Waals surface area (Å²) in [6.45, 7) is -0.00343. The molecule has 0 fully saturated rings. The minimum Gasteiger partial charge on any atom is -0.354 e. The smallest absolute Gasteiger partial charge is 0.220 e.